The van der Waals surface area contributed by atoms with E-state index in [4.69, 9.17) is 0 Å². The predicted octanol–water partition coefficient (Wildman–Crippen LogP) is 2.85. The molecule has 2 aliphatic rings. The molecule has 2 saturated heterocycles. The van der Waals surface area contributed by atoms with Gasteiger partial charge in [0.05, 0.1) is 11.7 Å². The first-order valence-electron chi connectivity index (χ1n) is 10.5. The molecular formula is C22H25N7. The van der Waals surface area contributed by atoms with E-state index in [9.17, 15) is 0 Å². The fourth-order valence-electron chi connectivity index (χ4n) is 5.27. The van der Waals surface area contributed by atoms with Crippen LogP contribution in [0.5, 0.6) is 0 Å². The minimum Gasteiger partial charge on any atom is -0.342 e. The van der Waals surface area contributed by atoms with E-state index in [1.807, 2.05) is 18.5 Å². The quantitative estimate of drug-likeness (QED) is 0.565. The Kier molecular flexibility index (Phi) is 3.92. The van der Waals surface area contributed by atoms with Crippen molar-refractivity contribution in [1.29, 1.82) is 0 Å². The topological polar surface area (TPSA) is 74.1 Å². The van der Waals surface area contributed by atoms with Crippen LogP contribution in [0.25, 0.3) is 27.7 Å². The van der Waals surface area contributed by atoms with Crippen LogP contribution in [0.4, 0.5) is 0 Å². The maximum absolute atomic E-state index is 4.59. The van der Waals surface area contributed by atoms with Crippen LogP contribution in [-0.2, 0) is 6.54 Å². The molecule has 2 N–H and O–H groups in total. The summed E-state index contributed by atoms with van der Waals surface area (Å²) in [5, 5.41) is 13.4. The Balaban J connectivity index is 1.33. The fourth-order valence-corrected chi connectivity index (χ4v) is 5.27. The third kappa shape index (κ3) is 2.92. The molecule has 0 saturated carbocycles. The molecular weight excluding hydrogens is 362 g/mol. The van der Waals surface area contributed by atoms with E-state index in [1.165, 1.54) is 51.1 Å². The Hall–Kier alpha value is -2.77. The molecule has 1 spiro atoms. The molecule has 0 bridgehead atoms. The lowest BCUT2D eigenvalue weighted by Crippen LogP contribution is -2.44. The Labute approximate surface area is 169 Å². The number of fused-ring (bicyclic) bond motifs is 2. The van der Waals surface area contributed by atoms with Gasteiger partial charge in [0.15, 0.2) is 0 Å². The second-order valence-corrected chi connectivity index (χ2v) is 8.61. The molecule has 6 heterocycles. The standard InChI is InChI=1S/C22H25N7/c1-3-20-19(12-26-29(20)25-7-1)17-4-8-24-21-18(17)11-16(27-21)13-28-10-2-5-22(15-28)6-9-23-14-22/h1,3-4,7-8,11-12,23H,2,5-6,9-10,13-15H2,(H,24,27). The SMILES string of the molecule is c1cnn2ncc(-c3ccnc4[nH]c(CN5CCCC6(CCNC6)C5)cc34)c2c1. The smallest absolute Gasteiger partial charge is 0.138 e. The van der Waals surface area contributed by atoms with Gasteiger partial charge in [-0.05, 0) is 67.6 Å². The summed E-state index contributed by atoms with van der Waals surface area (Å²) in [6, 6.07) is 8.35. The third-order valence-corrected chi connectivity index (χ3v) is 6.65. The summed E-state index contributed by atoms with van der Waals surface area (Å²) in [5.41, 5.74) is 5.90. The van der Waals surface area contributed by atoms with Gasteiger partial charge in [0, 0.05) is 48.7 Å². The van der Waals surface area contributed by atoms with Crippen LogP contribution in [0.15, 0.2) is 42.9 Å². The number of hydrogen-bond acceptors (Lipinski definition) is 5. The highest BCUT2D eigenvalue weighted by Gasteiger charge is 2.37. The van der Waals surface area contributed by atoms with Crippen molar-refractivity contribution in [3.63, 3.8) is 0 Å². The molecule has 4 aromatic rings. The maximum atomic E-state index is 4.59. The number of hydrogen-bond donors (Lipinski definition) is 2. The Morgan fingerprint density at radius 2 is 2.10 bits per heavy atom. The largest absolute Gasteiger partial charge is 0.342 e. The average Bonchev–Trinajstić information content (AvgIpc) is 3.46. The summed E-state index contributed by atoms with van der Waals surface area (Å²) in [6.07, 6.45) is 9.48. The van der Waals surface area contributed by atoms with Crippen LogP contribution in [0.2, 0.25) is 0 Å². The molecule has 7 heteroatoms. The van der Waals surface area contributed by atoms with Crippen molar-refractivity contribution in [2.45, 2.75) is 25.8 Å². The molecule has 148 valence electrons. The van der Waals surface area contributed by atoms with E-state index < -0.39 is 0 Å². The molecule has 1 unspecified atom stereocenters. The lowest BCUT2D eigenvalue weighted by molar-refractivity contribution is 0.0970. The highest BCUT2D eigenvalue weighted by atomic mass is 15.4. The van der Waals surface area contributed by atoms with Crippen LogP contribution in [0, 0.1) is 5.41 Å². The van der Waals surface area contributed by atoms with Crippen LogP contribution < -0.4 is 5.32 Å². The van der Waals surface area contributed by atoms with Crippen LogP contribution >= 0.6 is 0 Å². The van der Waals surface area contributed by atoms with Gasteiger partial charge < -0.3 is 10.3 Å². The van der Waals surface area contributed by atoms with Gasteiger partial charge in [-0.3, -0.25) is 4.90 Å². The molecule has 0 radical (unpaired) electrons. The van der Waals surface area contributed by atoms with E-state index in [0.29, 0.717) is 5.41 Å². The fraction of sp³-hybridized carbons (Fsp3) is 0.409. The van der Waals surface area contributed by atoms with Crippen molar-refractivity contribution in [2.75, 3.05) is 26.2 Å². The number of pyridine rings is 1. The molecule has 6 rings (SSSR count). The van der Waals surface area contributed by atoms with Gasteiger partial charge in [-0.15, -0.1) is 0 Å². The van der Waals surface area contributed by atoms with Gasteiger partial charge >= 0.3 is 0 Å². The summed E-state index contributed by atoms with van der Waals surface area (Å²) in [7, 11) is 0. The van der Waals surface area contributed by atoms with Crippen LogP contribution in [0.3, 0.4) is 0 Å². The number of piperidine rings is 1. The van der Waals surface area contributed by atoms with Gasteiger partial charge in [0.25, 0.3) is 0 Å². The summed E-state index contributed by atoms with van der Waals surface area (Å²) >= 11 is 0. The average molecular weight is 387 g/mol. The van der Waals surface area contributed by atoms with Crippen LogP contribution in [0.1, 0.15) is 25.0 Å². The second kappa shape index (κ2) is 6.64. The van der Waals surface area contributed by atoms with Crippen molar-refractivity contribution >= 4 is 16.6 Å². The molecule has 4 aromatic heterocycles. The van der Waals surface area contributed by atoms with E-state index in [-0.39, 0.29) is 0 Å². The number of H-pyrrole nitrogens is 1. The van der Waals surface area contributed by atoms with Crippen molar-refractivity contribution < 1.29 is 0 Å². The lowest BCUT2D eigenvalue weighted by atomic mass is 9.79. The van der Waals surface area contributed by atoms with Gasteiger partial charge in [-0.1, -0.05) is 0 Å². The molecule has 29 heavy (non-hydrogen) atoms. The summed E-state index contributed by atoms with van der Waals surface area (Å²) < 4.78 is 1.68. The third-order valence-electron chi connectivity index (χ3n) is 6.65. The molecule has 2 fully saturated rings. The number of nitrogens with zero attached hydrogens (tertiary/aromatic N) is 5. The van der Waals surface area contributed by atoms with E-state index in [2.05, 4.69) is 48.6 Å². The summed E-state index contributed by atoms with van der Waals surface area (Å²) in [4.78, 5) is 10.8. The Bertz CT molecular complexity index is 1170. The van der Waals surface area contributed by atoms with E-state index in [1.54, 1.807) is 10.8 Å². The monoisotopic (exact) mass is 387 g/mol. The number of rotatable bonds is 3. The first-order chi connectivity index (χ1) is 14.3. The molecule has 0 aliphatic carbocycles. The number of likely N-dealkylation sites (tertiary alicyclic amines) is 1. The molecule has 2 aliphatic heterocycles. The highest BCUT2D eigenvalue weighted by Crippen LogP contribution is 2.36. The normalized spacial score (nSPS) is 22.9. The van der Waals surface area contributed by atoms with Gasteiger partial charge in [-0.25, -0.2) is 4.98 Å². The first kappa shape index (κ1) is 17.1. The number of nitrogens with one attached hydrogen (secondary N) is 2. The highest BCUT2D eigenvalue weighted by molar-refractivity contribution is 5.97. The summed E-state index contributed by atoms with van der Waals surface area (Å²) in [5.74, 6) is 0. The number of aromatic nitrogens is 5. The van der Waals surface area contributed by atoms with Gasteiger partial charge in [-0.2, -0.15) is 14.8 Å². The lowest BCUT2D eigenvalue weighted by Gasteiger charge is -2.39. The molecule has 0 amide bonds. The van der Waals surface area contributed by atoms with Crippen molar-refractivity contribution in [1.82, 2.24) is 35.0 Å². The summed E-state index contributed by atoms with van der Waals surface area (Å²) in [6.45, 7) is 5.66. The first-order valence-corrected chi connectivity index (χ1v) is 10.5. The van der Waals surface area contributed by atoms with E-state index >= 15 is 0 Å². The van der Waals surface area contributed by atoms with Gasteiger partial charge in [0.2, 0.25) is 0 Å². The van der Waals surface area contributed by atoms with Crippen molar-refractivity contribution in [3.05, 3.63) is 48.5 Å². The minimum absolute atomic E-state index is 0.484. The molecule has 7 nitrogen and oxygen atoms in total. The van der Waals surface area contributed by atoms with Crippen molar-refractivity contribution in [3.8, 4) is 11.1 Å². The maximum Gasteiger partial charge on any atom is 0.138 e. The zero-order valence-electron chi connectivity index (χ0n) is 16.4. The minimum atomic E-state index is 0.484. The van der Waals surface area contributed by atoms with Gasteiger partial charge in [0.1, 0.15) is 5.65 Å². The van der Waals surface area contributed by atoms with Crippen molar-refractivity contribution in [2.24, 2.45) is 5.41 Å². The zero-order chi connectivity index (χ0) is 19.3. The second-order valence-electron chi connectivity index (χ2n) is 8.61. The predicted molar refractivity (Wildman–Crippen MR) is 113 cm³/mol. The Morgan fingerprint density at radius 1 is 1.10 bits per heavy atom. The molecule has 1 atom stereocenters. The Morgan fingerprint density at radius 3 is 3.03 bits per heavy atom. The molecule has 0 aromatic carbocycles. The van der Waals surface area contributed by atoms with E-state index in [0.717, 1.165) is 34.2 Å². The van der Waals surface area contributed by atoms with Crippen LogP contribution in [-0.4, -0.2) is 55.9 Å². The zero-order valence-corrected chi connectivity index (χ0v) is 16.4. The number of aromatic amines is 1.